The Morgan fingerprint density at radius 1 is 1.16 bits per heavy atom. The number of fused-ring (bicyclic) bond motifs is 2. The molecule has 2 aliphatic heterocycles. The number of rotatable bonds is 4. The second-order valence-electron chi connectivity index (χ2n) is 8.66. The van der Waals surface area contributed by atoms with E-state index in [9.17, 15) is 0 Å². The Kier molecular flexibility index (Phi) is 5.64. The zero-order valence-corrected chi connectivity index (χ0v) is 18.8. The van der Waals surface area contributed by atoms with Crippen LogP contribution in [0.4, 0.5) is 5.69 Å². The lowest BCUT2D eigenvalue weighted by molar-refractivity contribution is 0.311. The van der Waals surface area contributed by atoms with Gasteiger partial charge < -0.3 is 26.4 Å². The van der Waals surface area contributed by atoms with E-state index >= 15 is 0 Å². The molecule has 6 heteroatoms. The molecular formula is C26H32N6. The van der Waals surface area contributed by atoms with E-state index in [1.807, 2.05) is 20.2 Å². The van der Waals surface area contributed by atoms with Gasteiger partial charge in [0.25, 0.3) is 0 Å². The maximum absolute atomic E-state index is 6.40. The van der Waals surface area contributed by atoms with Gasteiger partial charge in [-0.1, -0.05) is 24.3 Å². The van der Waals surface area contributed by atoms with E-state index in [1.165, 1.54) is 27.6 Å². The number of hydrogen-bond acceptors (Lipinski definition) is 5. The van der Waals surface area contributed by atoms with Crippen LogP contribution in [0.5, 0.6) is 0 Å². The van der Waals surface area contributed by atoms with Crippen molar-refractivity contribution in [3.05, 3.63) is 77.1 Å². The van der Waals surface area contributed by atoms with Gasteiger partial charge in [-0.15, -0.1) is 0 Å². The molecule has 32 heavy (non-hydrogen) atoms. The van der Waals surface area contributed by atoms with Crippen LogP contribution in [-0.4, -0.2) is 36.7 Å². The predicted octanol–water partition coefficient (Wildman–Crippen LogP) is 4.19. The van der Waals surface area contributed by atoms with Crippen molar-refractivity contribution < 1.29 is 0 Å². The molecule has 6 N–H and O–H groups in total. The Labute approximate surface area is 189 Å². The van der Waals surface area contributed by atoms with Gasteiger partial charge >= 0.3 is 0 Å². The maximum Gasteiger partial charge on any atom is 0.0779 e. The third-order valence-corrected chi connectivity index (χ3v) is 6.57. The molecule has 0 amide bonds. The van der Waals surface area contributed by atoms with Crippen LogP contribution >= 0.6 is 0 Å². The first-order chi connectivity index (χ1) is 15.6. The molecule has 166 valence electrons. The molecule has 0 aliphatic carbocycles. The van der Waals surface area contributed by atoms with Crippen LogP contribution < -0.4 is 21.8 Å². The molecule has 0 radical (unpaired) electrons. The zero-order valence-electron chi connectivity index (χ0n) is 18.8. The highest BCUT2D eigenvalue weighted by Crippen LogP contribution is 2.37. The number of aromatic nitrogens is 1. The van der Waals surface area contributed by atoms with Crippen molar-refractivity contribution >= 4 is 27.9 Å². The highest BCUT2D eigenvalue weighted by molar-refractivity contribution is 5.83. The molecule has 0 spiro atoms. The Hall–Kier alpha value is -3.22. The largest absolute Gasteiger partial charge is 0.401 e. The normalized spacial score (nSPS) is 20.5. The Morgan fingerprint density at radius 3 is 2.84 bits per heavy atom. The molecule has 0 fully saturated rings. The first-order valence-electron chi connectivity index (χ1n) is 11.4. The number of nitrogens with one attached hydrogen (secondary N) is 4. The van der Waals surface area contributed by atoms with Gasteiger partial charge in [0.1, 0.15) is 0 Å². The van der Waals surface area contributed by atoms with Gasteiger partial charge in [0.15, 0.2) is 0 Å². The van der Waals surface area contributed by atoms with Crippen molar-refractivity contribution in [1.82, 2.24) is 20.7 Å². The van der Waals surface area contributed by atoms with E-state index in [2.05, 4.69) is 74.6 Å². The lowest BCUT2D eigenvalue weighted by Crippen LogP contribution is -2.35. The summed E-state index contributed by atoms with van der Waals surface area (Å²) in [7, 11) is 1.96. The van der Waals surface area contributed by atoms with E-state index in [4.69, 9.17) is 5.73 Å². The number of hydrazine groups is 1. The van der Waals surface area contributed by atoms with Crippen molar-refractivity contribution in [1.29, 1.82) is 0 Å². The molecule has 1 atom stereocenters. The molecule has 0 saturated heterocycles. The third-order valence-electron chi connectivity index (χ3n) is 6.57. The number of allylic oxidation sites excluding steroid dienone is 1. The summed E-state index contributed by atoms with van der Waals surface area (Å²) in [5.41, 5.74) is 19.1. The molecular weight excluding hydrogens is 396 g/mol. The minimum absolute atomic E-state index is 0.173. The Balaban J connectivity index is 1.59. The molecule has 0 saturated carbocycles. The van der Waals surface area contributed by atoms with Crippen LogP contribution in [0, 0.1) is 0 Å². The fraction of sp³-hybridized carbons (Fsp3) is 0.308. The summed E-state index contributed by atoms with van der Waals surface area (Å²) < 4.78 is 0. The SMILES string of the molecule is CNN1CCC(Nc2ccc3cc[nH]c3c2)c2cc(C3=CCNCC3)ccc2/C1=C(\C)N. The quantitative estimate of drug-likeness (QED) is 0.431. The van der Waals surface area contributed by atoms with E-state index in [1.54, 1.807) is 0 Å². The summed E-state index contributed by atoms with van der Waals surface area (Å²) in [5, 5.41) is 10.6. The van der Waals surface area contributed by atoms with E-state index in [-0.39, 0.29) is 6.04 Å². The van der Waals surface area contributed by atoms with Crippen molar-refractivity contribution in [3.63, 3.8) is 0 Å². The minimum Gasteiger partial charge on any atom is -0.401 e. The van der Waals surface area contributed by atoms with Crippen molar-refractivity contribution in [2.45, 2.75) is 25.8 Å². The second-order valence-corrected chi connectivity index (χ2v) is 8.66. The number of H-pyrrole nitrogens is 1. The van der Waals surface area contributed by atoms with Gasteiger partial charge in [0.05, 0.1) is 11.7 Å². The smallest absolute Gasteiger partial charge is 0.0779 e. The summed E-state index contributed by atoms with van der Waals surface area (Å²) in [5.74, 6) is 0. The van der Waals surface area contributed by atoms with Gasteiger partial charge in [-0.25, -0.2) is 5.43 Å². The predicted molar refractivity (Wildman–Crippen MR) is 134 cm³/mol. The molecule has 2 aliphatic rings. The molecule has 0 bridgehead atoms. The standard InChI is InChI=1S/C26H32N6/c1-17(27)26-22-6-4-20(18-7-11-29-12-8-18)15-23(22)24(10-14-32(26)28-2)31-21-5-3-19-9-13-30-25(19)16-21/h3-7,9,13,15-16,24,28-31H,8,10-12,14,27H2,1-2H3/b26-17-. The fourth-order valence-electron chi connectivity index (χ4n) is 4.96. The zero-order chi connectivity index (χ0) is 22.1. The van der Waals surface area contributed by atoms with Crippen molar-refractivity contribution in [2.24, 2.45) is 5.73 Å². The molecule has 3 heterocycles. The van der Waals surface area contributed by atoms with E-state index in [0.29, 0.717) is 0 Å². The minimum atomic E-state index is 0.173. The van der Waals surface area contributed by atoms with Crippen LogP contribution in [0.3, 0.4) is 0 Å². The van der Waals surface area contributed by atoms with Gasteiger partial charge in [-0.05, 0) is 72.7 Å². The summed E-state index contributed by atoms with van der Waals surface area (Å²) in [4.78, 5) is 3.32. The van der Waals surface area contributed by atoms with Gasteiger partial charge in [0.2, 0.25) is 0 Å². The van der Waals surface area contributed by atoms with Crippen LogP contribution in [0.1, 0.15) is 42.5 Å². The van der Waals surface area contributed by atoms with Gasteiger partial charge in [0, 0.05) is 48.8 Å². The van der Waals surface area contributed by atoms with E-state index in [0.717, 1.165) is 55.1 Å². The molecule has 5 rings (SSSR count). The number of benzene rings is 2. The summed E-state index contributed by atoms with van der Waals surface area (Å²) in [6.45, 7) is 4.81. The van der Waals surface area contributed by atoms with Crippen molar-refractivity contribution in [3.8, 4) is 0 Å². The van der Waals surface area contributed by atoms with Gasteiger partial charge in [-0.2, -0.15) is 0 Å². The Morgan fingerprint density at radius 2 is 2.06 bits per heavy atom. The van der Waals surface area contributed by atoms with Crippen molar-refractivity contribution in [2.75, 3.05) is 32.0 Å². The average Bonchev–Trinajstić information content (AvgIpc) is 3.22. The van der Waals surface area contributed by atoms with E-state index < -0.39 is 0 Å². The summed E-state index contributed by atoms with van der Waals surface area (Å²) >= 11 is 0. The molecule has 3 aromatic rings. The number of anilines is 1. The number of hydrogen-bond donors (Lipinski definition) is 5. The molecule has 1 aromatic heterocycles. The highest BCUT2D eigenvalue weighted by Gasteiger charge is 2.27. The fourth-order valence-corrected chi connectivity index (χ4v) is 4.96. The number of nitrogens with zero attached hydrogens (tertiary/aromatic N) is 1. The maximum atomic E-state index is 6.40. The Bertz CT molecular complexity index is 1180. The molecule has 2 aromatic carbocycles. The first-order valence-corrected chi connectivity index (χ1v) is 11.4. The highest BCUT2D eigenvalue weighted by atomic mass is 15.5. The lowest BCUT2D eigenvalue weighted by Gasteiger charge is -2.26. The average molecular weight is 429 g/mol. The third kappa shape index (κ3) is 3.87. The lowest BCUT2D eigenvalue weighted by atomic mass is 9.91. The second kappa shape index (κ2) is 8.73. The van der Waals surface area contributed by atoms with Crippen LogP contribution in [0.25, 0.3) is 22.2 Å². The van der Waals surface area contributed by atoms with Crippen LogP contribution in [-0.2, 0) is 0 Å². The summed E-state index contributed by atoms with van der Waals surface area (Å²) in [6.07, 6.45) is 6.31. The number of aromatic amines is 1. The molecule has 1 unspecified atom stereocenters. The van der Waals surface area contributed by atoms with Gasteiger partial charge in [-0.3, -0.25) is 0 Å². The monoisotopic (exact) mass is 428 g/mol. The molecule has 6 nitrogen and oxygen atoms in total. The van der Waals surface area contributed by atoms with Crippen LogP contribution in [0.15, 0.2) is 60.4 Å². The topological polar surface area (TPSA) is 81.1 Å². The summed E-state index contributed by atoms with van der Waals surface area (Å²) in [6, 6.07) is 15.7. The van der Waals surface area contributed by atoms with Crippen LogP contribution in [0.2, 0.25) is 0 Å². The number of nitrogens with two attached hydrogens (primary N) is 1. The first kappa shape index (κ1) is 20.7.